The van der Waals surface area contributed by atoms with Gasteiger partial charge in [-0.1, -0.05) is 40.0 Å². The zero-order valence-corrected chi connectivity index (χ0v) is 8.77. The van der Waals surface area contributed by atoms with E-state index in [0.29, 0.717) is 6.04 Å². The first kappa shape index (κ1) is 10.0. The molecule has 1 N–H and O–H groups in total. The van der Waals surface area contributed by atoms with E-state index in [1.54, 1.807) is 0 Å². The molecule has 1 aliphatic carbocycles. The summed E-state index contributed by atoms with van der Waals surface area (Å²) in [6, 6.07) is 0.647. The number of rotatable bonds is 5. The highest BCUT2D eigenvalue weighted by atomic mass is 14.9. The topological polar surface area (TPSA) is 12.0 Å². The lowest BCUT2D eigenvalue weighted by molar-refractivity contribution is 0.251. The van der Waals surface area contributed by atoms with Gasteiger partial charge in [-0.25, -0.2) is 0 Å². The fourth-order valence-electron chi connectivity index (χ4n) is 1.82. The second-order valence-electron chi connectivity index (χ2n) is 4.70. The quantitative estimate of drug-likeness (QED) is 0.667. The van der Waals surface area contributed by atoms with E-state index >= 15 is 0 Å². The maximum Gasteiger partial charge on any atom is 0.00104 e. The molecule has 1 unspecified atom stereocenters. The SMILES string of the molecule is CC(CNC(C)C)CC1CCC1. The van der Waals surface area contributed by atoms with Crippen molar-refractivity contribution in [3.63, 3.8) is 0 Å². The molecule has 0 radical (unpaired) electrons. The standard InChI is InChI=1S/C11H23N/c1-9(2)12-8-10(3)7-11-5-4-6-11/h9-12H,4-8H2,1-3H3. The Bertz CT molecular complexity index is 116. The number of nitrogens with one attached hydrogen (secondary N) is 1. The third-order valence-corrected chi connectivity index (χ3v) is 2.84. The summed E-state index contributed by atoms with van der Waals surface area (Å²) < 4.78 is 0. The normalized spacial score (nSPS) is 21.0. The van der Waals surface area contributed by atoms with Crippen molar-refractivity contribution < 1.29 is 0 Å². The van der Waals surface area contributed by atoms with Crippen molar-refractivity contribution in [3.8, 4) is 0 Å². The fourth-order valence-corrected chi connectivity index (χ4v) is 1.82. The molecule has 0 amide bonds. The van der Waals surface area contributed by atoms with Gasteiger partial charge in [0.1, 0.15) is 0 Å². The minimum Gasteiger partial charge on any atom is -0.314 e. The van der Waals surface area contributed by atoms with Crippen LogP contribution in [0.4, 0.5) is 0 Å². The zero-order chi connectivity index (χ0) is 8.97. The van der Waals surface area contributed by atoms with Crippen molar-refractivity contribution in [2.45, 2.75) is 52.5 Å². The minimum atomic E-state index is 0.647. The molecule has 0 aromatic rings. The lowest BCUT2D eigenvalue weighted by Crippen LogP contribution is -2.29. The molecule has 0 saturated heterocycles. The molecule has 1 saturated carbocycles. The van der Waals surface area contributed by atoms with Gasteiger partial charge < -0.3 is 5.32 Å². The van der Waals surface area contributed by atoms with Gasteiger partial charge in [-0.2, -0.15) is 0 Å². The monoisotopic (exact) mass is 169 g/mol. The van der Waals surface area contributed by atoms with Gasteiger partial charge >= 0.3 is 0 Å². The molecular formula is C11H23N. The smallest absolute Gasteiger partial charge is 0.00104 e. The molecule has 0 aromatic carbocycles. The molecule has 0 aromatic heterocycles. The maximum absolute atomic E-state index is 3.50. The van der Waals surface area contributed by atoms with Crippen LogP contribution in [-0.4, -0.2) is 12.6 Å². The Hall–Kier alpha value is -0.0400. The predicted molar refractivity (Wildman–Crippen MR) is 54.3 cm³/mol. The second kappa shape index (κ2) is 4.86. The zero-order valence-electron chi connectivity index (χ0n) is 8.77. The summed E-state index contributed by atoms with van der Waals surface area (Å²) in [6.07, 6.45) is 5.91. The summed E-state index contributed by atoms with van der Waals surface area (Å²) in [4.78, 5) is 0. The first-order valence-corrected chi connectivity index (χ1v) is 5.42. The van der Waals surface area contributed by atoms with Gasteiger partial charge in [0.2, 0.25) is 0 Å². The van der Waals surface area contributed by atoms with Gasteiger partial charge in [0.05, 0.1) is 0 Å². The molecule has 0 bridgehead atoms. The van der Waals surface area contributed by atoms with E-state index < -0.39 is 0 Å². The number of hydrogen-bond donors (Lipinski definition) is 1. The van der Waals surface area contributed by atoms with Gasteiger partial charge in [0.15, 0.2) is 0 Å². The third kappa shape index (κ3) is 3.57. The summed E-state index contributed by atoms with van der Waals surface area (Å²) >= 11 is 0. The Morgan fingerprint density at radius 1 is 1.25 bits per heavy atom. The van der Waals surface area contributed by atoms with Crippen molar-refractivity contribution in [1.29, 1.82) is 0 Å². The van der Waals surface area contributed by atoms with Crippen LogP contribution in [-0.2, 0) is 0 Å². The molecule has 1 atom stereocenters. The molecule has 72 valence electrons. The van der Waals surface area contributed by atoms with Crippen molar-refractivity contribution in [2.24, 2.45) is 11.8 Å². The summed E-state index contributed by atoms with van der Waals surface area (Å²) in [6.45, 7) is 8.01. The largest absolute Gasteiger partial charge is 0.314 e. The highest BCUT2D eigenvalue weighted by molar-refractivity contribution is 4.73. The Morgan fingerprint density at radius 3 is 2.33 bits per heavy atom. The Kier molecular flexibility index (Phi) is 4.07. The average molecular weight is 169 g/mol. The van der Waals surface area contributed by atoms with Crippen molar-refractivity contribution in [3.05, 3.63) is 0 Å². The maximum atomic E-state index is 3.50. The van der Waals surface area contributed by atoms with Gasteiger partial charge in [0, 0.05) is 6.04 Å². The first-order valence-electron chi connectivity index (χ1n) is 5.42. The van der Waals surface area contributed by atoms with Crippen LogP contribution in [0.25, 0.3) is 0 Å². The molecule has 1 nitrogen and oxygen atoms in total. The van der Waals surface area contributed by atoms with Crippen molar-refractivity contribution in [2.75, 3.05) is 6.54 Å². The highest BCUT2D eigenvalue weighted by Gasteiger charge is 2.19. The molecular weight excluding hydrogens is 146 g/mol. The molecule has 0 aliphatic heterocycles. The summed E-state index contributed by atoms with van der Waals surface area (Å²) in [5, 5.41) is 3.50. The summed E-state index contributed by atoms with van der Waals surface area (Å²) in [5.41, 5.74) is 0. The van der Waals surface area contributed by atoms with E-state index in [1.807, 2.05) is 0 Å². The summed E-state index contributed by atoms with van der Waals surface area (Å²) in [5.74, 6) is 1.94. The van der Waals surface area contributed by atoms with Gasteiger partial charge in [0.25, 0.3) is 0 Å². The molecule has 12 heavy (non-hydrogen) atoms. The van der Waals surface area contributed by atoms with Crippen LogP contribution in [0.3, 0.4) is 0 Å². The Labute approximate surface area is 76.9 Å². The molecule has 1 aliphatic rings. The van der Waals surface area contributed by atoms with E-state index in [4.69, 9.17) is 0 Å². The Morgan fingerprint density at radius 2 is 1.92 bits per heavy atom. The van der Waals surface area contributed by atoms with Gasteiger partial charge in [-0.15, -0.1) is 0 Å². The lowest BCUT2D eigenvalue weighted by Gasteiger charge is -2.28. The van der Waals surface area contributed by atoms with Gasteiger partial charge in [-0.3, -0.25) is 0 Å². The highest BCUT2D eigenvalue weighted by Crippen LogP contribution is 2.31. The molecule has 0 spiro atoms. The summed E-state index contributed by atoms with van der Waals surface area (Å²) in [7, 11) is 0. The van der Waals surface area contributed by atoms with Crippen LogP contribution in [0, 0.1) is 11.8 Å². The molecule has 0 heterocycles. The van der Waals surface area contributed by atoms with Crippen LogP contribution in [0.2, 0.25) is 0 Å². The van der Waals surface area contributed by atoms with Crippen LogP contribution in [0.1, 0.15) is 46.5 Å². The average Bonchev–Trinajstić information content (AvgIpc) is 1.93. The van der Waals surface area contributed by atoms with E-state index in [2.05, 4.69) is 26.1 Å². The molecule has 1 rings (SSSR count). The number of hydrogen-bond acceptors (Lipinski definition) is 1. The van der Waals surface area contributed by atoms with E-state index in [-0.39, 0.29) is 0 Å². The van der Waals surface area contributed by atoms with Crippen LogP contribution < -0.4 is 5.32 Å². The fraction of sp³-hybridized carbons (Fsp3) is 1.00. The van der Waals surface area contributed by atoms with Crippen LogP contribution in [0.15, 0.2) is 0 Å². The van der Waals surface area contributed by atoms with E-state index in [1.165, 1.54) is 32.2 Å². The van der Waals surface area contributed by atoms with E-state index in [0.717, 1.165) is 11.8 Å². The van der Waals surface area contributed by atoms with Crippen molar-refractivity contribution >= 4 is 0 Å². The minimum absolute atomic E-state index is 0.647. The van der Waals surface area contributed by atoms with E-state index in [9.17, 15) is 0 Å². The Balaban J connectivity index is 1.98. The van der Waals surface area contributed by atoms with Gasteiger partial charge in [-0.05, 0) is 24.8 Å². The van der Waals surface area contributed by atoms with Crippen LogP contribution in [0.5, 0.6) is 0 Å². The second-order valence-corrected chi connectivity index (χ2v) is 4.70. The lowest BCUT2D eigenvalue weighted by atomic mass is 9.79. The third-order valence-electron chi connectivity index (χ3n) is 2.84. The predicted octanol–water partition coefficient (Wildman–Crippen LogP) is 2.81. The van der Waals surface area contributed by atoms with Crippen molar-refractivity contribution in [1.82, 2.24) is 5.32 Å². The molecule has 1 heteroatoms. The molecule has 1 fully saturated rings. The first-order chi connectivity index (χ1) is 5.68. The van der Waals surface area contributed by atoms with Crippen LogP contribution >= 0.6 is 0 Å².